The highest BCUT2D eigenvalue weighted by Crippen LogP contribution is 2.45. The van der Waals surface area contributed by atoms with Crippen LogP contribution in [0, 0.1) is 0 Å². The number of hydrogen-bond donors (Lipinski definition) is 3. The fourth-order valence-electron chi connectivity index (χ4n) is 6.11. The van der Waals surface area contributed by atoms with Crippen LogP contribution in [-0.4, -0.2) is 101 Å². The van der Waals surface area contributed by atoms with Gasteiger partial charge in [0.2, 0.25) is 16.0 Å². The average Bonchev–Trinajstić information content (AvgIpc) is 3.65. The first-order chi connectivity index (χ1) is 22.7. The molecule has 0 spiro atoms. The van der Waals surface area contributed by atoms with Gasteiger partial charge in [-0.3, -0.25) is 8.75 Å². The highest BCUT2D eigenvalue weighted by molar-refractivity contribution is 7.89. The number of imidazole rings is 1. The quantitative estimate of drug-likeness (QED) is 0.135. The van der Waals surface area contributed by atoms with Crippen molar-refractivity contribution < 1.29 is 35.2 Å². The molecule has 2 aliphatic rings. The number of benzene rings is 2. The van der Waals surface area contributed by atoms with E-state index in [1.807, 2.05) is 43.3 Å². The Hall–Kier alpha value is -3.65. The second-order valence-electron chi connectivity index (χ2n) is 12.4. The van der Waals surface area contributed by atoms with Gasteiger partial charge >= 0.3 is 0 Å². The van der Waals surface area contributed by atoms with Crippen LogP contribution in [0.5, 0.6) is 0 Å². The fraction of sp³-hybridized carbons (Fsp3) is 0.500. The summed E-state index contributed by atoms with van der Waals surface area (Å²) in [7, 11) is -3.67. The Labute approximate surface area is 279 Å². The third kappa shape index (κ3) is 6.91. The van der Waals surface area contributed by atoms with E-state index in [4.69, 9.17) is 24.1 Å². The highest BCUT2D eigenvalue weighted by atomic mass is 32.2. The predicted molar refractivity (Wildman–Crippen MR) is 179 cm³/mol. The van der Waals surface area contributed by atoms with Gasteiger partial charge in [0.15, 0.2) is 29.0 Å². The Balaban J connectivity index is 1.15. The summed E-state index contributed by atoms with van der Waals surface area (Å²) < 4.78 is 78.2. The van der Waals surface area contributed by atoms with E-state index in [1.165, 1.54) is 6.33 Å². The van der Waals surface area contributed by atoms with Crippen molar-refractivity contribution in [3.63, 3.8) is 0 Å². The number of nitrogen functional groups attached to an aromatic ring is 1. The van der Waals surface area contributed by atoms with E-state index in [2.05, 4.69) is 25.0 Å². The monoisotopic (exact) mass is 704 g/mol. The molecule has 6 rings (SSSR count). The lowest BCUT2D eigenvalue weighted by Crippen LogP contribution is -2.33. The van der Waals surface area contributed by atoms with Crippen molar-refractivity contribution in [1.29, 1.82) is 0 Å². The Morgan fingerprint density at radius 3 is 2.46 bits per heavy atom. The molecule has 4 atom stereocenters. The van der Waals surface area contributed by atoms with E-state index < -0.39 is 50.5 Å². The lowest BCUT2D eigenvalue weighted by molar-refractivity contribution is -0.198. The number of ether oxygens (including phenoxy) is 3. The molecule has 2 fully saturated rings. The molecule has 4 heterocycles. The van der Waals surface area contributed by atoms with Crippen molar-refractivity contribution >= 4 is 59.5 Å². The molecular formula is C30H40N8O8S2. The summed E-state index contributed by atoms with van der Waals surface area (Å²) in [5.41, 5.74) is 7.80. The van der Waals surface area contributed by atoms with E-state index in [0.717, 1.165) is 17.3 Å². The maximum absolute atomic E-state index is 13.3. The number of nitrogens with zero attached hydrogens (tertiary/aromatic N) is 5. The number of nitrogens with two attached hydrogens (primary N) is 1. The second-order valence-corrected chi connectivity index (χ2v) is 15.8. The fourth-order valence-corrected chi connectivity index (χ4v) is 7.78. The van der Waals surface area contributed by atoms with Crippen LogP contribution in [0.15, 0.2) is 47.6 Å². The Morgan fingerprint density at radius 1 is 1.00 bits per heavy atom. The van der Waals surface area contributed by atoms with Crippen LogP contribution in [0.4, 0.5) is 17.5 Å². The predicted octanol–water partition coefficient (Wildman–Crippen LogP) is 2.19. The van der Waals surface area contributed by atoms with Crippen LogP contribution >= 0.6 is 0 Å². The number of fused-ring (bicyclic) bond motifs is 3. The van der Waals surface area contributed by atoms with Gasteiger partial charge in [0, 0.05) is 43.6 Å². The van der Waals surface area contributed by atoms with Crippen molar-refractivity contribution in [3.05, 3.63) is 42.7 Å². The number of rotatable bonds is 13. The topological polar surface area (TPSA) is 202 Å². The first-order valence-corrected chi connectivity index (χ1v) is 18.7. The van der Waals surface area contributed by atoms with E-state index in [1.54, 1.807) is 30.5 Å². The molecule has 18 heteroatoms. The maximum Gasteiger partial charge on any atom is 0.264 e. The summed E-state index contributed by atoms with van der Waals surface area (Å²) in [4.78, 5) is 15.3. The molecule has 1 unspecified atom stereocenters. The molecule has 2 aromatic heterocycles. The van der Waals surface area contributed by atoms with E-state index in [0.29, 0.717) is 41.9 Å². The summed E-state index contributed by atoms with van der Waals surface area (Å²) in [5, 5.41) is 4.80. The van der Waals surface area contributed by atoms with Crippen molar-refractivity contribution in [2.45, 2.75) is 61.9 Å². The molecule has 0 amide bonds. The highest BCUT2D eigenvalue weighted by Gasteiger charge is 2.57. The minimum absolute atomic E-state index is 0.165. The normalized spacial score (nSPS) is 22.4. The third-order valence-electron chi connectivity index (χ3n) is 8.14. The first-order valence-electron chi connectivity index (χ1n) is 15.4. The van der Waals surface area contributed by atoms with Gasteiger partial charge in [-0.05, 0) is 38.8 Å². The molecule has 2 aromatic carbocycles. The van der Waals surface area contributed by atoms with Crippen LogP contribution in [0.25, 0.3) is 21.9 Å². The minimum atomic E-state index is -3.77. The molecule has 16 nitrogen and oxygen atoms in total. The molecular weight excluding hydrogens is 665 g/mol. The van der Waals surface area contributed by atoms with Crippen molar-refractivity contribution in [2.24, 2.45) is 0 Å². The number of nitrogens with one attached hydrogen (secondary N) is 2. The number of hydrogen-bond acceptors (Lipinski definition) is 14. The maximum atomic E-state index is 13.3. The minimum Gasteiger partial charge on any atom is -0.382 e. The van der Waals surface area contributed by atoms with Gasteiger partial charge in [0.25, 0.3) is 10.1 Å². The molecule has 0 bridgehead atoms. The molecule has 2 saturated heterocycles. The van der Waals surface area contributed by atoms with Gasteiger partial charge in [-0.25, -0.2) is 28.1 Å². The smallest absolute Gasteiger partial charge is 0.264 e. The Bertz CT molecular complexity index is 2040. The Morgan fingerprint density at radius 2 is 1.71 bits per heavy atom. The van der Waals surface area contributed by atoms with Crippen molar-refractivity contribution in [1.82, 2.24) is 24.2 Å². The zero-order valence-corrected chi connectivity index (χ0v) is 28.9. The summed E-state index contributed by atoms with van der Waals surface area (Å²) in [6.07, 6.45) is 0.506. The van der Waals surface area contributed by atoms with Gasteiger partial charge in [-0.15, -0.1) is 0 Å². The average molecular weight is 705 g/mol. The first kappa shape index (κ1) is 34.2. The summed E-state index contributed by atoms with van der Waals surface area (Å²) in [6, 6.07) is 10.9. The standard InChI is InChI=1S/C30H40N8O8S2/c1-30(2)45-24-21(16-43-47(5,39)40)44-28(25(24)46-30)38-27-23(26(31)33-17-34-27)36-29(38)32-14-6-7-15-35-48(41,42)22-13-9-10-18-19(22)11-8-12-20(18)37(3)4/h8-13,17,21,24-25,28,35H,6-7,14-16H2,1-5H3,(H,32,36)(H2,31,33,34)/t21-,24?,25+,28-/m1/s1. The summed E-state index contributed by atoms with van der Waals surface area (Å²) >= 11 is 0. The number of aromatic nitrogens is 4. The zero-order chi connectivity index (χ0) is 34.4. The van der Waals surface area contributed by atoms with Gasteiger partial charge in [0.05, 0.1) is 17.8 Å². The van der Waals surface area contributed by atoms with Crippen LogP contribution in [0.1, 0.15) is 32.9 Å². The Kier molecular flexibility index (Phi) is 9.26. The lowest BCUT2D eigenvalue weighted by atomic mass is 10.1. The van der Waals surface area contributed by atoms with Crippen LogP contribution in [-0.2, 0) is 38.5 Å². The molecule has 260 valence electrons. The zero-order valence-electron chi connectivity index (χ0n) is 27.3. The SMILES string of the molecule is CN(C)c1cccc2c(S(=O)(=O)NCCCCNc3nc4c(N)ncnc4n3[C@@H]3O[C@H](COS(C)(=O)=O)C4OC(C)(C)O[C@@H]43)cccc12. The molecule has 2 aliphatic heterocycles. The second kappa shape index (κ2) is 13.0. The van der Waals surface area contributed by atoms with Crippen molar-refractivity contribution in [3.8, 4) is 0 Å². The number of sulfonamides is 1. The van der Waals surface area contributed by atoms with Gasteiger partial charge < -0.3 is 30.2 Å². The number of anilines is 3. The van der Waals surface area contributed by atoms with E-state index in [9.17, 15) is 16.8 Å². The van der Waals surface area contributed by atoms with Gasteiger partial charge in [0.1, 0.15) is 24.6 Å². The van der Waals surface area contributed by atoms with E-state index >= 15 is 0 Å². The molecule has 4 aromatic rings. The molecule has 0 aliphatic carbocycles. The molecule has 0 radical (unpaired) electrons. The molecule has 4 N–H and O–H groups in total. The van der Waals surface area contributed by atoms with E-state index in [-0.39, 0.29) is 23.9 Å². The summed E-state index contributed by atoms with van der Waals surface area (Å²) in [5.74, 6) is -0.433. The van der Waals surface area contributed by atoms with Crippen LogP contribution < -0.4 is 20.7 Å². The van der Waals surface area contributed by atoms with Gasteiger partial charge in [-0.1, -0.05) is 24.3 Å². The number of unbranched alkanes of at least 4 members (excludes halogenated alkanes) is 1. The third-order valence-corrected chi connectivity index (χ3v) is 10.2. The lowest BCUT2D eigenvalue weighted by Gasteiger charge is -2.25. The van der Waals surface area contributed by atoms with Crippen molar-refractivity contribution in [2.75, 3.05) is 56.0 Å². The van der Waals surface area contributed by atoms with Gasteiger partial charge in [-0.2, -0.15) is 8.42 Å². The largest absolute Gasteiger partial charge is 0.382 e. The molecule has 48 heavy (non-hydrogen) atoms. The van der Waals surface area contributed by atoms with Crippen LogP contribution in [0.3, 0.4) is 0 Å². The summed E-state index contributed by atoms with van der Waals surface area (Å²) in [6.45, 7) is 3.90. The molecule has 0 saturated carbocycles. The van der Waals surface area contributed by atoms with Crippen LogP contribution in [0.2, 0.25) is 0 Å².